The van der Waals surface area contributed by atoms with Crippen LogP contribution in [0.2, 0.25) is 0 Å². The van der Waals surface area contributed by atoms with E-state index in [0.29, 0.717) is 17.3 Å². The number of pyridine rings is 1. The van der Waals surface area contributed by atoms with Crippen molar-refractivity contribution in [2.45, 2.75) is 25.3 Å². The van der Waals surface area contributed by atoms with Crippen molar-refractivity contribution in [3.05, 3.63) is 40.7 Å². The van der Waals surface area contributed by atoms with E-state index in [2.05, 4.69) is 9.97 Å². The Labute approximate surface area is 120 Å². The summed E-state index contributed by atoms with van der Waals surface area (Å²) >= 11 is 1.25. The monoisotopic (exact) mass is 289 g/mol. The number of thiazole rings is 1. The first-order chi connectivity index (χ1) is 9.65. The third-order valence-corrected chi connectivity index (χ3v) is 4.43. The van der Waals surface area contributed by atoms with Gasteiger partial charge in [0.1, 0.15) is 4.88 Å². The highest BCUT2D eigenvalue weighted by atomic mass is 32.1. The highest BCUT2D eigenvalue weighted by Crippen LogP contribution is 2.44. The van der Waals surface area contributed by atoms with Gasteiger partial charge in [-0.25, -0.2) is 9.78 Å². The van der Waals surface area contributed by atoms with Gasteiger partial charge in [0.15, 0.2) is 5.13 Å². The van der Waals surface area contributed by atoms with E-state index in [-0.39, 0.29) is 0 Å². The molecule has 2 aromatic heterocycles. The lowest BCUT2D eigenvalue weighted by Gasteiger charge is -2.14. The standard InChI is InChI=1S/C14H15N3O2S/c1-17(8-10-4-2-3-7-15-10)14-16-11(9-5-6-9)12(20-14)13(18)19/h2-4,7,9H,5-6,8H2,1H3,(H,18,19). The summed E-state index contributed by atoms with van der Waals surface area (Å²) in [5, 5.41) is 10.0. The fourth-order valence-electron chi connectivity index (χ4n) is 2.07. The van der Waals surface area contributed by atoms with Crippen LogP contribution in [0.4, 0.5) is 5.13 Å². The Bertz CT molecular complexity index is 623. The Morgan fingerprint density at radius 2 is 2.30 bits per heavy atom. The molecule has 3 rings (SSSR count). The summed E-state index contributed by atoms with van der Waals surface area (Å²) < 4.78 is 0. The molecule has 1 saturated carbocycles. The van der Waals surface area contributed by atoms with Crippen LogP contribution in [0, 0.1) is 0 Å². The minimum Gasteiger partial charge on any atom is -0.477 e. The number of carboxylic acids is 1. The number of anilines is 1. The quantitative estimate of drug-likeness (QED) is 0.916. The summed E-state index contributed by atoms with van der Waals surface area (Å²) in [5.41, 5.74) is 1.69. The van der Waals surface area contributed by atoms with Gasteiger partial charge in [-0.1, -0.05) is 17.4 Å². The van der Waals surface area contributed by atoms with Crippen molar-refractivity contribution in [3.8, 4) is 0 Å². The third kappa shape index (κ3) is 2.65. The first kappa shape index (κ1) is 13.1. The molecule has 6 heteroatoms. The van der Waals surface area contributed by atoms with Crippen LogP contribution in [0.15, 0.2) is 24.4 Å². The molecule has 0 aromatic carbocycles. The SMILES string of the molecule is CN(Cc1ccccn1)c1nc(C2CC2)c(C(=O)O)s1. The van der Waals surface area contributed by atoms with Crippen LogP contribution in [-0.4, -0.2) is 28.1 Å². The molecule has 0 spiro atoms. The summed E-state index contributed by atoms with van der Waals surface area (Å²) in [5.74, 6) is -0.531. The van der Waals surface area contributed by atoms with Crippen molar-refractivity contribution < 1.29 is 9.90 Å². The van der Waals surface area contributed by atoms with Gasteiger partial charge in [-0.3, -0.25) is 4.98 Å². The molecule has 1 aliphatic rings. The molecular formula is C14H15N3O2S. The fourth-order valence-corrected chi connectivity index (χ4v) is 3.02. The molecule has 0 saturated heterocycles. The first-order valence-corrected chi connectivity index (χ1v) is 7.32. The normalized spacial score (nSPS) is 14.2. The molecule has 0 bridgehead atoms. The van der Waals surface area contributed by atoms with Crippen LogP contribution in [-0.2, 0) is 6.54 Å². The van der Waals surface area contributed by atoms with Gasteiger partial charge in [0.2, 0.25) is 0 Å². The van der Waals surface area contributed by atoms with Gasteiger partial charge in [0.05, 0.1) is 17.9 Å². The molecule has 2 heterocycles. The maximum absolute atomic E-state index is 11.3. The molecular weight excluding hydrogens is 274 g/mol. The summed E-state index contributed by atoms with van der Waals surface area (Å²) in [6, 6.07) is 5.76. The van der Waals surface area contributed by atoms with E-state index in [1.54, 1.807) is 6.20 Å². The number of aromatic carboxylic acids is 1. The minimum absolute atomic E-state index is 0.342. The van der Waals surface area contributed by atoms with Crippen LogP contribution >= 0.6 is 11.3 Å². The van der Waals surface area contributed by atoms with Crippen LogP contribution in [0.5, 0.6) is 0 Å². The molecule has 0 radical (unpaired) electrons. The summed E-state index contributed by atoms with van der Waals surface area (Å²) in [7, 11) is 1.91. The number of hydrogen-bond donors (Lipinski definition) is 1. The Morgan fingerprint density at radius 3 is 2.90 bits per heavy atom. The van der Waals surface area contributed by atoms with Crippen LogP contribution in [0.1, 0.15) is 39.8 Å². The number of hydrogen-bond acceptors (Lipinski definition) is 5. The number of carboxylic acid groups (broad SMARTS) is 1. The Kier molecular flexibility index (Phi) is 3.40. The molecule has 0 unspecified atom stereocenters. The molecule has 1 fully saturated rings. The Morgan fingerprint density at radius 1 is 1.50 bits per heavy atom. The largest absolute Gasteiger partial charge is 0.477 e. The predicted octanol–water partition coefficient (Wildman–Crippen LogP) is 2.75. The molecule has 1 aliphatic carbocycles. The average Bonchev–Trinajstić information content (AvgIpc) is 3.18. The lowest BCUT2D eigenvalue weighted by molar-refractivity contribution is 0.0700. The van der Waals surface area contributed by atoms with E-state index in [1.807, 2.05) is 30.1 Å². The molecule has 2 aromatic rings. The maximum atomic E-state index is 11.3. The first-order valence-electron chi connectivity index (χ1n) is 6.50. The smallest absolute Gasteiger partial charge is 0.347 e. The van der Waals surface area contributed by atoms with Gasteiger partial charge in [-0.2, -0.15) is 0 Å². The summed E-state index contributed by atoms with van der Waals surface area (Å²) in [6.45, 7) is 0.623. The van der Waals surface area contributed by atoms with Gasteiger partial charge in [-0.05, 0) is 25.0 Å². The predicted molar refractivity (Wildman–Crippen MR) is 77.4 cm³/mol. The van der Waals surface area contributed by atoms with E-state index >= 15 is 0 Å². The molecule has 104 valence electrons. The number of carbonyl (C=O) groups is 1. The molecule has 0 aliphatic heterocycles. The van der Waals surface area contributed by atoms with Gasteiger partial charge >= 0.3 is 5.97 Å². The van der Waals surface area contributed by atoms with Crippen molar-refractivity contribution in [1.82, 2.24) is 9.97 Å². The number of rotatable bonds is 5. The lowest BCUT2D eigenvalue weighted by atomic mass is 10.2. The average molecular weight is 289 g/mol. The lowest BCUT2D eigenvalue weighted by Crippen LogP contribution is -2.16. The van der Waals surface area contributed by atoms with Crippen molar-refractivity contribution in [1.29, 1.82) is 0 Å². The highest BCUT2D eigenvalue weighted by Gasteiger charge is 2.32. The minimum atomic E-state index is -0.873. The molecule has 5 nitrogen and oxygen atoms in total. The second kappa shape index (κ2) is 5.20. The van der Waals surface area contributed by atoms with E-state index in [0.717, 1.165) is 29.4 Å². The molecule has 1 N–H and O–H groups in total. The van der Waals surface area contributed by atoms with Gasteiger partial charge in [0.25, 0.3) is 0 Å². The van der Waals surface area contributed by atoms with E-state index in [9.17, 15) is 9.90 Å². The topological polar surface area (TPSA) is 66.3 Å². The molecule has 0 atom stereocenters. The Balaban J connectivity index is 1.82. The molecule has 0 amide bonds. The van der Waals surface area contributed by atoms with Crippen LogP contribution in [0.3, 0.4) is 0 Å². The maximum Gasteiger partial charge on any atom is 0.347 e. The molecule has 20 heavy (non-hydrogen) atoms. The van der Waals surface area contributed by atoms with Crippen molar-refractivity contribution in [3.63, 3.8) is 0 Å². The van der Waals surface area contributed by atoms with E-state index < -0.39 is 5.97 Å². The van der Waals surface area contributed by atoms with Crippen LogP contribution < -0.4 is 4.90 Å². The zero-order valence-corrected chi connectivity index (χ0v) is 11.9. The zero-order valence-electron chi connectivity index (χ0n) is 11.1. The van der Waals surface area contributed by atoms with Crippen molar-refractivity contribution >= 4 is 22.4 Å². The van der Waals surface area contributed by atoms with E-state index in [1.165, 1.54) is 11.3 Å². The van der Waals surface area contributed by atoms with E-state index in [4.69, 9.17) is 0 Å². The fraction of sp³-hybridized carbons (Fsp3) is 0.357. The second-order valence-corrected chi connectivity index (χ2v) is 5.94. The Hall–Kier alpha value is -1.95. The van der Waals surface area contributed by atoms with Crippen LogP contribution in [0.25, 0.3) is 0 Å². The number of aromatic nitrogens is 2. The highest BCUT2D eigenvalue weighted by molar-refractivity contribution is 7.17. The zero-order chi connectivity index (χ0) is 14.1. The number of nitrogens with zero attached hydrogens (tertiary/aromatic N) is 3. The van der Waals surface area contributed by atoms with Crippen molar-refractivity contribution in [2.24, 2.45) is 0 Å². The van der Waals surface area contributed by atoms with Crippen molar-refractivity contribution in [2.75, 3.05) is 11.9 Å². The van der Waals surface area contributed by atoms with Gasteiger partial charge < -0.3 is 10.0 Å². The third-order valence-electron chi connectivity index (χ3n) is 3.25. The van der Waals surface area contributed by atoms with Gasteiger partial charge in [0, 0.05) is 19.2 Å². The second-order valence-electron chi connectivity index (χ2n) is 4.97. The van der Waals surface area contributed by atoms with Gasteiger partial charge in [-0.15, -0.1) is 0 Å². The summed E-state index contributed by atoms with van der Waals surface area (Å²) in [4.78, 5) is 22.4. The summed E-state index contributed by atoms with van der Waals surface area (Å²) in [6.07, 6.45) is 3.85.